The molecule has 0 fully saturated rings. The Labute approximate surface area is 98.9 Å². The minimum Gasteiger partial charge on any atom is -0.394 e. The maximum Gasteiger partial charge on any atom is 0.0658 e. The van der Waals surface area contributed by atoms with Crippen LogP contribution in [0.4, 0.5) is 5.69 Å². The molecule has 0 bridgehead atoms. The van der Waals surface area contributed by atoms with Gasteiger partial charge in [0.1, 0.15) is 0 Å². The lowest BCUT2D eigenvalue weighted by Crippen LogP contribution is -2.45. The summed E-state index contributed by atoms with van der Waals surface area (Å²) in [6.07, 6.45) is 0. The fraction of sp³-hybridized carbons (Fsp3) is 0.571. The highest BCUT2D eigenvalue weighted by Crippen LogP contribution is 2.30. The van der Waals surface area contributed by atoms with Gasteiger partial charge in [0.15, 0.2) is 0 Å². The molecule has 0 heterocycles. The maximum absolute atomic E-state index is 9.42. The molecule has 0 aliphatic rings. The van der Waals surface area contributed by atoms with Crippen LogP contribution in [-0.2, 0) is 0 Å². The minimum absolute atomic E-state index is 0.149. The van der Waals surface area contributed by atoms with Crippen LogP contribution in [0, 0.1) is 20.8 Å². The van der Waals surface area contributed by atoms with Crippen LogP contribution in [0.3, 0.4) is 0 Å². The zero-order valence-corrected chi connectivity index (χ0v) is 11.3. The Kier molecular flexibility index (Phi) is 3.64. The summed E-state index contributed by atoms with van der Waals surface area (Å²) >= 11 is 0. The molecule has 1 aromatic carbocycles. The molecule has 0 aromatic heterocycles. The van der Waals surface area contributed by atoms with Gasteiger partial charge in [-0.15, -0.1) is 0 Å². The van der Waals surface area contributed by atoms with Crippen LogP contribution in [-0.4, -0.2) is 24.3 Å². The predicted octanol–water partition coefficient (Wildman–Crippen LogP) is 2.82. The molecule has 0 atom stereocenters. The van der Waals surface area contributed by atoms with Crippen molar-refractivity contribution in [2.75, 3.05) is 18.6 Å². The number of benzene rings is 1. The van der Waals surface area contributed by atoms with Gasteiger partial charge in [-0.05, 0) is 45.7 Å². The monoisotopic (exact) mass is 221 g/mol. The van der Waals surface area contributed by atoms with Crippen molar-refractivity contribution in [2.45, 2.75) is 40.2 Å². The second-order valence-corrected chi connectivity index (χ2v) is 5.28. The Bertz CT molecular complexity index is 359. The van der Waals surface area contributed by atoms with Crippen molar-refractivity contribution in [1.29, 1.82) is 0 Å². The zero-order chi connectivity index (χ0) is 12.5. The Morgan fingerprint density at radius 3 is 1.94 bits per heavy atom. The van der Waals surface area contributed by atoms with Gasteiger partial charge in [-0.2, -0.15) is 0 Å². The molecule has 0 amide bonds. The number of aliphatic hydroxyl groups is 1. The van der Waals surface area contributed by atoms with Crippen LogP contribution in [0.5, 0.6) is 0 Å². The Morgan fingerprint density at radius 1 is 1.12 bits per heavy atom. The number of hydrogen-bond acceptors (Lipinski definition) is 2. The number of hydrogen-bond donors (Lipinski definition) is 1. The molecule has 2 heteroatoms. The first-order valence-electron chi connectivity index (χ1n) is 5.72. The Morgan fingerprint density at radius 2 is 1.56 bits per heavy atom. The number of likely N-dealkylation sites (N-methyl/N-ethyl adjacent to an activating group) is 1. The number of rotatable bonds is 3. The smallest absolute Gasteiger partial charge is 0.0658 e. The van der Waals surface area contributed by atoms with Crippen LogP contribution in [0.2, 0.25) is 0 Å². The SMILES string of the molecule is Cc1cc(C)c(N(C)C(C)(C)CO)c(C)c1. The summed E-state index contributed by atoms with van der Waals surface area (Å²) < 4.78 is 0. The van der Waals surface area contributed by atoms with Gasteiger partial charge in [0.2, 0.25) is 0 Å². The van der Waals surface area contributed by atoms with E-state index in [0.717, 1.165) is 0 Å². The molecule has 90 valence electrons. The number of nitrogens with zero attached hydrogens (tertiary/aromatic N) is 1. The Balaban J connectivity index is 3.24. The van der Waals surface area contributed by atoms with Crippen LogP contribution >= 0.6 is 0 Å². The summed E-state index contributed by atoms with van der Waals surface area (Å²) in [7, 11) is 2.04. The van der Waals surface area contributed by atoms with E-state index in [4.69, 9.17) is 0 Å². The lowest BCUT2D eigenvalue weighted by Gasteiger charge is -2.38. The predicted molar refractivity (Wildman–Crippen MR) is 70.2 cm³/mol. The van der Waals surface area contributed by atoms with Crippen LogP contribution < -0.4 is 4.90 Å². The standard InChI is InChI=1S/C14H23NO/c1-10-7-11(2)13(12(3)8-10)15(6)14(4,5)9-16/h7-8,16H,9H2,1-6H3. The summed E-state index contributed by atoms with van der Waals surface area (Å²) in [6, 6.07) is 4.37. The summed E-state index contributed by atoms with van der Waals surface area (Å²) in [5.74, 6) is 0. The molecule has 0 spiro atoms. The van der Waals surface area contributed by atoms with E-state index in [1.54, 1.807) is 0 Å². The van der Waals surface area contributed by atoms with Crippen molar-refractivity contribution in [3.63, 3.8) is 0 Å². The number of aryl methyl sites for hydroxylation is 3. The highest BCUT2D eigenvalue weighted by molar-refractivity contribution is 5.61. The van der Waals surface area contributed by atoms with Gasteiger partial charge in [0, 0.05) is 12.7 Å². The van der Waals surface area contributed by atoms with E-state index < -0.39 is 0 Å². The second kappa shape index (κ2) is 4.46. The summed E-state index contributed by atoms with van der Waals surface area (Å²) in [6.45, 7) is 10.6. The molecular weight excluding hydrogens is 198 g/mol. The number of anilines is 1. The van der Waals surface area contributed by atoms with E-state index in [1.165, 1.54) is 22.4 Å². The first-order valence-corrected chi connectivity index (χ1v) is 5.72. The third-order valence-electron chi connectivity index (χ3n) is 3.27. The van der Waals surface area contributed by atoms with Crippen LogP contribution in [0.25, 0.3) is 0 Å². The average molecular weight is 221 g/mol. The molecule has 1 aromatic rings. The van der Waals surface area contributed by atoms with E-state index in [1.807, 2.05) is 20.9 Å². The van der Waals surface area contributed by atoms with Crippen LogP contribution in [0.1, 0.15) is 30.5 Å². The van der Waals surface area contributed by atoms with Crippen molar-refractivity contribution >= 4 is 5.69 Å². The van der Waals surface area contributed by atoms with Gasteiger partial charge in [0.25, 0.3) is 0 Å². The normalized spacial score (nSPS) is 11.7. The zero-order valence-electron chi connectivity index (χ0n) is 11.3. The molecular formula is C14H23NO. The second-order valence-electron chi connectivity index (χ2n) is 5.28. The van der Waals surface area contributed by atoms with Gasteiger partial charge in [-0.25, -0.2) is 0 Å². The van der Waals surface area contributed by atoms with Crippen molar-refractivity contribution in [1.82, 2.24) is 0 Å². The number of aliphatic hydroxyl groups excluding tert-OH is 1. The average Bonchev–Trinajstić information content (AvgIpc) is 2.15. The first kappa shape index (κ1) is 13.0. The molecule has 0 saturated heterocycles. The van der Waals surface area contributed by atoms with E-state index >= 15 is 0 Å². The largest absolute Gasteiger partial charge is 0.394 e. The van der Waals surface area contributed by atoms with Crippen LogP contribution in [0.15, 0.2) is 12.1 Å². The van der Waals surface area contributed by atoms with Gasteiger partial charge < -0.3 is 10.0 Å². The molecule has 0 radical (unpaired) electrons. The molecule has 16 heavy (non-hydrogen) atoms. The fourth-order valence-corrected chi connectivity index (χ4v) is 2.11. The first-order chi connectivity index (χ1) is 7.29. The quantitative estimate of drug-likeness (QED) is 0.848. The van der Waals surface area contributed by atoms with Crippen molar-refractivity contribution in [3.8, 4) is 0 Å². The topological polar surface area (TPSA) is 23.5 Å². The lowest BCUT2D eigenvalue weighted by atomic mass is 9.98. The van der Waals surface area contributed by atoms with Gasteiger partial charge in [-0.3, -0.25) is 0 Å². The highest BCUT2D eigenvalue weighted by atomic mass is 16.3. The van der Waals surface area contributed by atoms with Gasteiger partial charge >= 0.3 is 0 Å². The summed E-state index contributed by atoms with van der Waals surface area (Å²) in [5, 5.41) is 9.42. The molecule has 0 saturated carbocycles. The summed E-state index contributed by atoms with van der Waals surface area (Å²) in [4.78, 5) is 2.16. The van der Waals surface area contributed by atoms with Gasteiger partial charge in [0.05, 0.1) is 12.1 Å². The molecule has 0 aliphatic carbocycles. The fourth-order valence-electron chi connectivity index (χ4n) is 2.11. The molecule has 1 rings (SSSR count). The maximum atomic E-state index is 9.42. The third kappa shape index (κ3) is 2.38. The van der Waals surface area contributed by atoms with E-state index in [2.05, 4.69) is 37.8 Å². The Hall–Kier alpha value is -1.02. The van der Waals surface area contributed by atoms with Crippen molar-refractivity contribution < 1.29 is 5.11 Å². The molecule has 0 unspecified atom stereocenters. The molecule has 1 N–H and O–H groups in total. The van der Waals surface area contributed by atoms with Crippen molar-refractivity contribution in [2.24, 2.45) is 0 Å². The lowest BCUT2D eigenvalue weighted by molar-refractivity contribution is 0.216. The van der Waals surface area contributed by atoms with E-state index in [0.29, 0.717) is 0 Å². The third-order valence-corrected chi connectivity index (χ3v) is 3.27. The van der Waals surface area contributed by atoms with Gasteiger partial charge in [-0.1, -0.05) is 17.7 Å². The molecule has 0 aliphatic heterocycles. The highest BCUT2D eigenvalue weighted by Gasteiger charge is 2.24. The minimum atomic E-state index is -0.231. The van der Waals surface area contributed by atoms with E-state index in [-0.39, 0.29) is 12.1 Å². The van der Waals surface area contributed by atoms with E-state index in [9.17, 15) is 5.11 Å². The molecule has 2 nitrogen and oxygen atoms in total. The summed E-state index contributed by atoms with van der Waals surface area (Å²) in [5.41, 5.74) is 4.81. The van der Waals surface area contributed by atoms with Crippen molar-refractivity contribution in [3.05, 3.63) is 28.8 Å².